The second kappa shape index (κ2) is 11.1. The van der Waals surface area contributed by atoms with Crippen molar-refractivity contribution in [1.29, 1.82) is 0 Å². The quantitative estimate of drug-likeness (QED) is 0.289. The number of nitrogens with two attached hydrogens (primary N) is 1. The van der Waals surface area contributed by atoms with Crippen LogP contribution >= 0.6 is 24.4 Å². The lowest BCUT2D eigenvalue weighted by Gasteiger charge is -2.29. The van der Waals surface area contributed by atoms with Gasteiger partial charge in [-0.1, -0.05) is 6.92 Å². The predicted octanol–water partition coefficient (Wildman–Crippen LogP) is 1.33. The number of rotatable bonds is 9. The van der Waals surface area contributed by atoms with Gasteiger partial charge < -0.3 is 20.7 Å². The molecule has 30 heavy (non-hydrogen) atoms. The van der Waals surface area contributed by atoms with Gasteiger partial charge in [-0.25, -0.2) is 4.79 Å². The summed E-state index contributed by atoms with van der Waals surface area (Å²) in [6, 6.07) is 5.25. The molecule has 0 aliphatic carbocycles. The first-order chi connectivity index (χ1) is 14.2. The van der Waals surface area contributed by atoms with Crippen molar-refractivity contribution in [3.63, 3.8) is 0 Å². The van der Waals surface area contributed by atoms with E-state index in [9.17, 15) is 24.5 Å². The number of hydrogen-bond donors (Lipinski definition) is 3. The molecule has 10 nitrogen and oxygen atoms in total. The van der Waals surface area contributed by atoms with E-state index in [0.29, 0.717) is 24.3 Å². The first-order valence-electron chi connectivity index (χ1n) is 9.25. The molecule has 1 fully saturated rings. The third kappa shape index (κ3) is 6.52. The summed E-state index contributed by atoms with van der Waals surface area (Å²) < 4.78 is 5.37. The molecule has 1 aromatic rings. The first kappa shape index (κ1) is 23.8. The summed E-state index contributed by atoms with van der Waals surface area (Å²) in [5, 5.41) is 12.5. The van der Waals surface area contributed by atoms with E-state index >= 15 is 0 Å². The molecular weight excluding hydrogens is 432 g/mol. The number of thiol groups is 1. The lowest BCUT2D eigenvalue weighted by Crippen LogP contribution is -2.49. The minimum atomic E-state index is -0.651. The van der Waals surface area contributed by atoms with Gasteiger partial charge in [-0.2, -0.15) is 12.6 Å². The van der Waals surface area contributed by atoms with Crippen molar-refractivity contribution in [3.05, 3.63) is 39.9 Å². The molecule has 164 valence electrons. The molecule has 0 aromatic heterocycles. The molecule has 0 spiro atoms. The molecule has 3 amide bonds. The van der Waals surface area contributed by atoms with Crippen LogP contribution in [0.5, 0.6) is 0 Å². The minimum absolute atomic E-state index is 0.0518. The molecule has 2 rings (SSSR count). The largest absolute Gasteiger partial charge is 0.445 e. The highest BCUT2D eigenvalue weighted by Crippen LogP contribution is 2.31. The van der Waals surface area contributed by atoms with E-state index in [-0.39, 0.29) is 30.0 Å². The number of amides is 3. The molecule has 1 unspecified atom stereocenters. The molecule has 1 aromatic carbocycles. The van der Waals surface area contributed by atoms with Gasteiger partial charge in [-0.05, 0) is 29.9 Å². The van der Waals surface area contributed by atoms with Gasteiger partial charge >= 0.3 is 6.09 Å². The number of nitro benzene ring substituents is 1. The fraction of sp³-hybridized carbons (Fsp3) is 0.500. The summed E-state index contributed by atoms with van der Waals surface area (Å²) >= 11 is 5.83. The zero-order valence-electron chi connectivity index (χ0n) is 16.4. The Morgan fingerprint density at radius 1 is 1.40 bits per heavy atom. The van der Waals surface area contributed by atoms with Crippen LogP contribution < -0.4 is 11.1 Å². The highest BCUT2D eigenvalue weighted by molar-refractivity contribution is 8.00. The first-order valence-corrected chi connectivity index (χ1v) is 10.8. The van der Waals surface area contributed by atoms with E-state index < -0.39 is 28.2 Å². The Labute approximate surface area is 183 Å². The van der Waals surface area contributed by atoms with Gasteiger partial charge in [-0.3, -0.25) is 19.7 Å². The van der Waals surface area contributed by atoms with Gasteiger partial charge in [-0.15, -0.1) is 11.8 Å². The normalized spacial score (nSPS) is 19.2. The molecule has 1 aliphatic rings. The number of carbonyl (C=O) groups excluding carboxylic acids is 3. The summed E-state index contributed by atoms with van der Waals surface area (Å²) in [6.07, 6.45) is -0.100. The molecule has 0 bridgehead atoms. The van der Waals surface area contributed by atoms with E-state index in [1.165, 1.54) is 40.9 Å². The van der Waals surface area contributed by atoms with Gasteiger partial charge in [0.05, 0.1) is 17.5 Å². The predicted molar refractivity (Wildman–Crippen MR) is 115 cm³/mol. The zero-order valence-corrected chi connectivity index (χ0v) is 18.1. The molecule has 1 saturated heterocycles. The molecule has 3 N–H and O–H groups in total. The Bertz CT molecular complexity index is 791. The van der Waals surface area contributed by atoms with Crippen LogP contribution in [0.2, 0.25) is 0 Å². The Balaban J connectivity index is 2.05. The van der Waals surface area contributed by atoms with Crippen molar-refractivity contribution in [1.82, 2.24) is 10.2 Å². The maximum absolute atomic E-state index is 12.7. The summed E-state index contributed by atoms with van der Waals surface area (Å²) in [4.78, 5) is 47.9. The minimum Gasteiger partial charge on any atom is -0.445 e. The average molecular weight is 457 g/mol. The molecule has 0 saturated carbocycles. The van der Waals surface area contributed by atoms with E-state index in [0.717, 1.165) is 0 Å². The van der Waals surface area contributed by atoms with E-state index in [1.54, 1.807) is 0 Å². The van der Waals surface area contributed by atoms with Crippen molar-refractivity contribution in [3.8, 4) is 0 Å². The number of primary amides is 1. The number of nitro groups is 1. The number of hydrogen-bond acceptors (Lipinski definition) is 8. The highest BCUT2D eigenvalue weighted by Gasteiger charge is 2.42. The Morgan fingerprint density at radius 3 is 2.63 bits per heavy atom. The van der Waals surface area contributed by atoms with Crippen LogP contribution in [0.15, 0.2) is 24.3 Å². The van der Waals surface area contributed by atoms with E-state index in [2.05, 4.69) is 17.9 Å². The van der Waals surface area contributed by atoms with Crippen LogP contribution in [-0.4, -0.2) is 63.1 Å². The van der Waals surface area contributed by atoms with Crippen molar-refractivity contribution in [2.75, 3.05) is 18.8 Å². The van der Waals surface area contributed by atoms with Gasteiger partial charge in [0.15, 0.2) is 0 Å². The zero-order chi connectivity index (χ0) is 22.3. The second-order valence-electron chi connectivity index (χ2n) is 6.65. The maximum Gasteiger partial charge on any atom is 0.410 e. The molecule has 12 heteroatoms. The summed E-state index contributed by atoms with van der Waals surface area (Å²) in [7, 11) is 0. The lowest BCUT2D eigenvalue weighted by atomic mass is 10.1. The van der Waals surface area contributed by atoms with Gasteiger partial charge in [0.25, 0.3) is 5.69 Å². The summed E-state index contributed by atoms with van der Waals surface area (Å²) in [5.41, 5.74) is 5.64. The number of nitrogens with one attached hydrogen (secondary N) is 1. The number of likely N-dealkylation sites (tertiary alicyclic amines) is 1. The van der Waals surface area contributed by atoms with Crippen molar-refractivity contribution in [2.45, 2.75) is 36.5 Å². The van der Waals surface area contributed by atoms with E-state index in [4.69, 9.17) is 10.5 Å². The van der Waals surface area contributed by atoms with Crippen LogP contribution in [0, 0.1) is 10.1 Å². The van der Waals surface area contributed by atoms with Crippen LogP contribution in [0.4, 0.5) is 10.5 Å². The fourth-order valence-corrected chi connectivity index (χ4v) is 4.56. The van der Waals surface area contributed by atoms with Crippen molar-refractivity contribution in [2.24, 2.45) is 5.73 Å². The topological polar surface area (TPSA) is 145 Å². The van der Waals surface area contributed by atoms with Crippen LogP contribution in [0.1, 0.15) is 18.9 Å². The average Bonchev–Trinajstić information content (AvgIpc) is 3.10. The van der Waals surface area contributed by atoms with Gasteiger partial charge in [0.2, 0.25) is 11.8 Å². The second-order valence-corrected chi connectivity index (χ2v) is 8.80. The monoisotopic (exact) mass is 456 g/mol. The number of non-ortho nitro benzene ring substituents is 1. The lowest BCUT2D eigenvalue weighted by molar-refractivity contribution is -0.384. The third-order valence-corrected chi connectivity index (χ3v) is 6.05. The van der Waals surface area contributed by atoms with Crippen LogP contribution in [0.25, 0.3) is 0 Å². The molecule has 3 atom stereocenters. The molecular formula is C18H24N4O6S2. The van der Waals surface area contributed by atoms with Crippen molar-refractivity contribution >= 4 is 48.0 Å². The van der Waals surface area contributed by atoms with Crippen LogP contribution in [-0.2, 0) is 20.9 Å². The number of benzene rings is 1. The maximum atomic E-state index is 12.7. The van der Waals surface area contributed by atoms with Gasteiger partial charge in [0.1, 0.15) is 11.9 Å². The Kier molecular flexibility index (Phi) is 8.78. The fourth-order valence-electron chi connectivity index (χ4n) is 3.10. The van der Waals surface area contributed by atoms with Crippen LogP contribution in [0.3, 0.4) is 0 Å². The van der Waals surface area contributed by atoms with E-state index in [1.807, 2.05) is 6.92 Å². The number of nitrogens with zero attached hydrogens (tertiary/aromatic N) is 2. The molecule has 1 heterocycles. The SMILES string of the molecule is CCSC(C(=O)NCC(N)=O)[C@@H]1C[C@H](S)CN1C(=O)OCc1ccc([N+](=O)[O-])cc1. The summed E-state index contributed by atoms with van der Waals surface area (Å²) in [6.45, 7) is 1.87. The summed E-state index contributed by atoms with van der Waals surface area (Å²) in [5.74, 6) is -0.392. The highest BCUT2D eigenvalue weighted by atomic mass is 32.2. The molecule has 0 radical (unpaired) electrons. The number of carbonyl (C=O) groups is 3. The standard InChI is InChI=1S/C18H24N4O6S2/c1-2-30-16(17(24)20-8-15(19)23)14-7-13(29)9-21(14)18(25)28-10-11-3-5-12(6-4-11)22(26)27/h3-6,13-14,16,29H,2,7-10H2,1H3,(H2,19,23)(H,20,24)/t13-,14-,16?/m0/s1. The molecule has 1 aliphatic heterocycles. The van der Waals surface area contributed by atoms with Gasteiger partial charge in [0, 0.05) is 23.9 Å². The Hall–Kier alpha value is -2.47. The third-order valence-electron chi connectivity index (χ3n) is 4.46. The smallest absolute Gasteiger partial charge is 0.410 e. The van der Waals surface area contributed by atoms with Crippen molar-refractivity contribution < 1.29 is 24.0 Å². The number of thioether (sulfide) groups is 1. The number of ether oxygens (including phenoxy) is 1. The Morgan fingerprint density at radius 2 is 2.07 bits per heavy atom.